The zero-order valence-electron chi connectivity index (χ0n) is 13.9. The SMILES string of the molecule is COC(=O)c1ccc(-c2cc(F)c(OCc3ccccc3)c(C#N)c2)s1. The monoisotopic (exact) mass is 367 g/mol. The lowest BCUT2D eigenvalue weighted by Crippen LogP contribution is -2.00. The molecule has 0 saturated carbocycles. The van der Waals surface area contributed by atoms with Crippen molar-refractivity contribution in [1.82, 2.24) is 0 Å². The molecule has 0 aliphatic rings. The Morgan fingerprint density at radius 1 is 1.19 bits per heavy atom. The highest BCUT2D eigenvalue weighted by Gasteiger charge is 2.16. The normalized spacial score (nSPS) is 10.2. The molecule has 0 aliphatic carbocycles. The van der Waals surface area contributed by atoms with Crippen LogP contribution in [0.5, 0.6) is 5.75 Å². The quantitative estimate of drug-likeness (QED) is 0.608. The van der Waals surface area contributed by atoms with E-state index in [0.29, 0.717) is 15.3 Å². The van der Waals surface area contributed by atoms with Crippen LogP contribution in [0.3, 0.4) is 0 Å². The van der Waals surface area contributed by atoms with E-state index in [1.807, 2.05) is 36.4 Å². The summed E-state index contributed by atoms with van der Waals surface area (Å²) in [5.74, 6) is -1.15. The summed E-state index contributed by atoms with van der Waals surface area (Å²) in [5, 5.41) is 9.38. The van der Waals surface area contributed by atoms with Crippen LogP contribution in [0.1, 0.15) is 20.8 Å². The number of halogens is 1. The number of ether oxygens (including phenoxy) is 2. The predicted molar refractivity (Wildman–Crippen MR) is 96.5 cm³/mol. The van der Waals surface area contributed by atoms with Crippen molar-refractivity contribution in [3.8, 4) is 22.3 Å². The summed E-state index contributed by atoms with van der Waals surface area (Å²) in [6, 6.07) is 17.4. The number of methoxy groups -OCH3 is 1. The molecule has 130 valence electrons. The van der Waals surface area contributed by atoms with Crippen molar-refractivity contribution in [2.45, 2.75) is 6.61 Å². The molecule has 0 aliphatic heterocycles. The molecule has 0 bridgehead atoms. The van der Waals surface area contributed by atoms with Crippen LogP contribution in [0, 0.1) is 17.1 Å². The first kappa shape index (κ1) is 17.6. The van der Waals surface area contributed by atoms with E-state index in [2.05, 4.69) is 4.74 Å². The maximum atomic E-state index is 14.6. The third-order valence-electron chi connectivity index (χ3n) is 3.67. The van der Waals surface area contributed by atoms with Crippen LogP contribution in [0.15, 0.2) is 54.6 Å². The number of hydrogen-bond acceptors (Lipinski definition) is 5. The fraction of sp³-hybridized carbons (Fsp3) is 0.100. The average Bonchev–Trinajstić information content (AvgIpc) is 3.17. The highest BCUT2D eigenvalue weighted by Crippen LogP contribution is 2.34. The Bertz CT molecular complexity index is 976. The van der Waals surface area contributed by atoms with Crippen LogP contribution in [-0.2, 0) is 11.3 Å². The Morgan fingerprint density at radius 2 is 1.96 bits per heavy atom. The van der Waals surface area contributed by atoms with Gasteiger partial charge in [0.2, 0.25) is 0 Å². The molecule has 1 aromatic heterocycles. The van der Waals surface area contributed by atoms with Crippen LogP contribution in [0.2, 0.25) is 0 Å². The van der Waals surface area contributed by atoms with Gasteiger partial charge in [-0.05, 0) is 35.4 Å². The fourth-order valence-electron chi connectivity index (χ4n) is 2.40. The van der Waals surface area contributed by atoms with Gasteiger partial charge in [0.25, 0.3) is 0 Å². The predicted octanol–water partition coefficient (Wildman–Crippen LogP) is 4.79. The van der Waals surface area contributed by atoms with Gasteiger partial charge in [0.05, 0.1) is 12.7 Å². The van der Waals surface area contributed by atoms with Gasteiger partial charge in [0, 0.05) is 4.88 Å². The Kier molecular flexibility index (Phi) is 5.30. The molecule has 0 fully saturated rings. The van der Waals surface area contributed by atoms with Crippen molar-refractivity contribution in [1.29, 1.82) is 5.26 Å². The van der Waals surface area contributed by atoms with Crippen LogP contribution in [-0.4, -0.2) is 13.1 Å². The molecule has 0 N–H and O–H groups in total. The van der Waals surface area contributed by atoms with Gasteiger partial charge in [-0.1, -0.05) is 30.3 Å². The van der Waals surface area contributed by atoms with Gasteiger partial charge in [-0.3, -0.25) is 0 Å². The molecule has 3 aromatic rings. The number of carbonyl (C=O) groups is 1. The van der Waals surface area contributed by atoms with Gasteiger partial charge >= 0.3 is 5.97 Å². The Labute approximate surface area is 154 Å². The number of nitriles is 1. The molecular weight excluding hydrogens is 353 g/mol. The van der Waals surface area contributed by atoms with Gasteiger partial charge in [-0.2, -0.15) is 5.26 Å². The number of rotatable bonds is 5. The summed E-state index contributed by atoms with van der Waals surface area (Å²) in [7, 11) is 1.30. The second kappa shape index (κ2) is 7.81. The van der Waals surface area contributed by atoms with Crippen LogP contribution < -0.4 is 4.74 Å². The second-order valence-corrected chi connectivity index (χ2v) is 6.46. The van der Waals surface area contributed by atoms with Gasteiger partial charge in [-0.15, -0.1) is 11.3 Å². The summed E-state index contributed by atoms with van der Waals surface area (Å²) in [6.45, 7) is 0.164. The first-order valence-corrected chi connectivity index (χ1v) is 8.53. The molecule has 2 aromatic carbocycles. The lowest BCUT2D eigenvalue weighted by Gasteiger charge is -2.10. The van der Waals surface area contributed by atoms with Crippen molar-refractivity contribution in [3.05, 3.63) is 76.4 Å². The number of esters is 1. The van der Waals surface area contributed by atoms with Gasteiger partial charge in [-0.25, -0.2) is 9.18 Å². The Hall–Kier alpha value is -3.17. The van der Waals surface area contributed by atoms with Gasteiger partial charge in [0.15, 0.2) is 11.6 Å². The third-order valence-corrected chi connectivity index (χ3v) is 4.78. The third kappa shape index (κ3) is 3.73. The van der Waals surface area contributed by atoms with Gasteiger partial charge < -0.3 is 9.47 Å². The maximum Gasteiger partial charge on any atom is 0.348 e. The van der Waals surface area contributed by atoms with E-state index in [-0.39, 0.29) is 17.9 Å². The van der Waals surface area contributed by atoms with Crippen molar-refractivity contribution in [3.63, 3.8) is 0 Å². The lowest BCUT2D eigenvalue weighted by molar-refractivity contribution is 0.0606. The Balaban J connectivity index is 1.89. The van der Waals surface area contributed by atoms with E-state index in [1.165, 1.54) is 24.5 Å². The second-order valence-electron chi connectivity index (χ2n) is 5.38. The summed E-state index contributed by atoms with van der Waals surface area (Å²) >= 11 is 1.17. The summed E-state index contributed by atoms with van der Waals surface area (Å²) < 4.78 is 24.8. The highest BCUT2D eigenvalue weighted by atomic mass is 32.1. The highest BCUT2D eigenvalue weighted by molar-refractivity contribution is 7.17. The fourth-order valence-corrected chi connectivity index (χ4v) is 3.31. The molecule has 0 atom stereocenters. The first-order chi connectivity index (χ1) is 12.6. The standard InChI is InChI=1S/C20H14FNO3S/c1-24-20(23)18-8-7-17(26-18)14-9-15(11-22)19(16(21)10-14)25-12-13-5-3-2-4-6-13/h2-10H,12H2,1H3. The molecule has 0 spiro atoms. The van der Waals surface area contributed by atoms with Crippen molar-refractivity contribution >= 4 is 17.3 Å². The first-order valence-electron chi connectivity index (χ1n) is 7.71. The molecule has 1 heterocycles. The molecule has 0 saturated heterocycles. The minimum absolute atomic E-state index is 0.0788. The van der Waals surface area contributed by atoms with E-state index in [4.69, 9.17) is 4.74 Å². The largest absolute Gasteiger partial charge is 0.484 e. The number of benzene rings is 2. The molecular formula is C20H14FNO3S. The maximum absolute atomic E-state index is 14.6. The molecule has 4 nitrogen and oxygen atoms in total. The zero-order chi connectivity index (χ0) is 18.5. The molecule has 26 heavy (non-hydrogen) atoms. The number of thiophene rings is 1. The summed E-state index contributed by atoms with van der Waals surface area (Å²) in [5.41, 5.74) is 1.48. The Morgan fingerprint density at radius 3 is 2.65 bits per heavy atom. The van der Waals surface area contributed by atoms with Crippen LogP contribution in [0.25, 0.3) is 10.4 Å². The number of carbonyl (C=O) groups excluding carboxylic acids is 1. The number of nitrogens with zero attached hydrogens (tertiary/aromatic N) is 1. The van der Waals surface area contributed by atoms with E-state index in [9.17, 15) is 14.4 Å². The topological polar surface area (TPSA) is 59.3 Å². The van der Waals surface area contributed by atoms with Crippen molar-refractivity contribution in [2.24, 2.45) is 0 Å². The van der Waals surface area contributed by atoms with Crippen LogP contribution >= 0.6 is 11.3 Å². The molecule has 6 heteroatoms. The minimum atomic E-state index is -0.622. The smallest absolute Gasteiger partial charge is 0.348 e. The summed E-state index contributed by atoms with van der Waals surface area (Å²) in [4.78, 5) is 12.6. The van der Waals surface area contributed by atoms with Crippen molar-refractivity contribution < 1.29 is 18.7 Å². The molecule has 0 amide bonds. The van der Waals surface area contributed by atoms with Crippen molar-refractivity contribution in [2.75, 3.05) is 7.11 Å². The number of hydrogen-bond donors (Lipinski definition) is 0. The van der Waals surface area contributed by atoms with E-state index >= 15 is 0 Å². The van der Waals surface area contributed by atoms with Crippen LogP contribution in [0.4, 0.5) is 4.39 Å². The summed E-state index contributed by atoms with van der Waals surface area (Å²) in [6.07, 6.45) is 0. The minimum Gasteiger partial charge on any atom is -0.484 e. The van der Waals surface area contributed by atoms with E-state index < -0.39 is 11.8 Å². The lowest BCUT2D eigenvalue weighted by atomic mass is 10.1. The molecule has 0 unspecified atom stereocenters. The zero-order valence-corrected chi connectivity index (χ0v) is 14.7. The molecule has 3 rings (SSSR count). The van der Waals surface area contributed by atoms with E-state index in [0.717, 1.165) is 5.56 Å². The molecule has 0 radical (unpaired) electrons. The van der Waals surface area contributed by atoms with Gasteiger partial charge in [0.1, 0.15) is 17.6 Å². The van der Waals surface area contributed by atoms with E-state index in [1.54, 1.807) is 18.2 Å². The average molecular weight is 367 g/mol.